The van der Waals surface area contributed by atoms with E-state index in [2.05, 4.69) is 51.3 Å². The van der Waals surface area contributed by atoms with Gasteiger partial charge in [-0.05, 0) is 97.7 Å². The molecule has 2 amide bonds. The van der Waals surface area contributed by atoms with Gasteiger partial charge < -0.3 is 25.6 Å². The first-order chi connectivity index (χ1) is 19.0. The minimum absolute atomic E-state index is 0.0866. The van der Waals surface area contributed by atoms with Crippen LogP contribution in [0.1, 0.15) is 112 Å². The van der Waals surface area contributed by atoms with Crippen LogP contribution < -0.4 is 10.6 Å². The first kappa shape index (κ1) is 31.3. The highest BCUT2D eigenvalue weighted by atomic mass is 16.6. The molecule has 0 aromatic heterocycles. The number of hydrogen-bond acceptors (Lipinski definition) is 5. The van der Waals surface area contributed by atoms with Crippen LogP contribution in [-0.2, 0) is 9.53 Å². The fourth-order valence-electron chi connectivity index (χ4n) is 9.53. The van der Waals surface area contributed by atoms with Crippen LogP contribution in [0.5, 0.6) is 0 Å². The van der Waals surface area contributed by atoms with Crippen molar-refractivity contribution in [3.63, 3.8) is 0 Å². The number of ether oxygens (including phenoxy) is 1. The number of fused-ring (bicyclic) bond motifs is 5. The summed E-state index contributed by atoms with van der Waals surface area (Å²) in [5.74, 6) is 4.09. The molecule has 0 aromatic carbocycles. The largest absolute Gasteiger partial charge is 0.446 e. The van der Waals surface area contributed by atoms with Crippen LogP contribution in [-0.4, -0.2) is 47.7 Å². The Morgan fingerprint density at radius 3 is 2.45 bits per heavy atom. The Morgan fingerprint density at radius 2 is 1.73 bits per heavy atom. The summed E-state index contributed by atoms with van der Waals surface area (Å²) in [7, 11) is 0. The zero-order chi connectivity index (χ0) is 29.1. The maximum absolute atomic E-state index is 12.4. The predicted octanol–water partition coefficient (Wildman–Crippen LogP) is 5.94. The highest BCUT2D eigenvalue weighted by Gasteiger charge is 2.59. The quantitative estimate of drug-likeness (QED) is 0.142. The molecule has 3 fully saturated rings. The van der Waals surface area contributed by atoms with Gasteiger partial charge in [0.05, 0.1) is 0 Å². The van der Waals surface area contributed by atoms with Crippen molar-refractivity contribution in [2.45, 2.75) is 124 Å². The van der Waals surface area contributed by atoms with E-state index in [1.165, 1.54) is 56.9 Å². The Balaban J connectivity index is 1.29. The Morgan fingerprint density at radius 1 is 0.975 bits per heavy atom. The fraction of sp³-hybridized carbons (Fsp3) is 0.879. The molecule has 0 saturated heterocycles. The molecule has 0 aromatic rings. The van der Waals surface area contributed by atoms with Crippen LogP contribution in [0.25, 0.3) is 0 Å². The lowest BCUT2D eigenvalue weighted by atomic mass is 9.47. The van der Waals surface area contributed by atoms with Crippen molar-refractivity contribution in [1.82, 2.24) is 10.6 Å². The monoisotopic (exact) mass is 560 g/mol. The van der Waals surface area contributed by atoms with Gasteiger partial charge >= 0.3 is 6.09 Å². The smallest absolute Gasteiger partial charge is 0.407 e. The molecule has 8 unspecified atom stereocenters. The SMILES string of the molecule is CC(C)CCCC(C)C1CCC2C3CC=C4CC(OC(=O)NCCCNC(=O)C(O)O)CCC4(C)C3CCC12C. The van der Waals surface area contributed by atoms with E-state index in [1.54, 1.807) is 0 Å². The fourth-order valence-corrected chi connectivity index (χ4v) is 9.53. The van der Waals surface area contributed by atoms with E-state index in [4.69, 9.17) is 14.9 Å². The lowest BCUT2D eigenvalue weighted by Gasteiger charge is -2.58. The van der Waals surface area contributed by atoms with Crippen LogP contribution in [0.15, 0.2) is 11.6 Å². The summed E-state index contributed by atoms with van der Waals surface area (Å²) in [6.07, 6.45) is 14.2. The minimum Gasteiger partial charge on any atom is -0.446 e. The Bertz CT molecular complexity index is 919. The van der Waals surface area contributed by atoms with E-state index >= 15 is 0 Å². The van der Waals surface area contributed by atoms with Crippen LogP contribution >= 0.6 is 0 Å². The molecule has 7 heteroatoms. The number of rotatable bonds is 11. The highest BCUT2D eigenvalue weighted by molar-refractivity contribution is 5.78. The average Bonchev–Trinajstić information content (AvgIpc) is 3.25. The molecule has 228 valence electrons. The first-order valence-corrected chi connectivity index (χ1v) is 16.2. The van der Waals surface area contributed by atoms with Crippen LogP contribution in [0.4, 0.5) is 4.79 Å². The first-order valence-electron chi connectivity index (χ1n) is 16.2. The zero-order valence-corrected chi connectivity index (χ0v) is 25.7. The second-order valence-corrected chi connectivity index (χ2v) is 14.5. The molecule has 3 saturated carbocycles. The number of aliphatic hydroxyl groups excluding tert-OH is 1. The number of allylic oxidation sites excluding steroid dienone is 1. The van der Waals surface area contributed by atoms with Gasteiger partial charge in [0.2, 0.25) is 6.29 Å². The topological polar surface area (TPSA) is 108 Å². The number of aliphatic hydroxyl groups is 2. The van der Waals surface area contributed by atoms with Crippen molar-refractivity contribution in [3.8, 4) is 0 Å². The lowest BCUT2D eigenvalue weighted by Crippen LogP contribution is -2.51. The van der Waals surface area contributed by atoms with Gasteiger partial charge in [-0.2, -0.15) is 0 Å². The van der Waals surface area contributed by atoms with Gasteiger partial charge in [0.15, 0.2) is 0 Å². The highest BCUT2D eigenvalue weighted by Crippen LogP contribution is 2.67. The van der Waals surface area contributed by atoms with Gasteiger partial charge in [0, 0.05) is 19.5 Å². The maximum Gasteiger partial charge on any atom is 0.407 e. The third kappa shape index (κ3) is 6.72. The number of nitrogens with one attached hydrogen (secondary N) is 2. The molecule has 4 aliphatic rings. The summed E-state index contributed by atoms with van der Waals surface area (Å²) in [5, 5.41) is 22.7. The molecule has 4 aliphatic carbocycles. The molecular formula is C33H56N2O5. The molecule has 0 aliphatic heterocycles. The number of carbonyl (C=O) groups is 2. The number of carbonyl (C=O) groups excluding carboxylic acids is 2. The van der Waals surface area contributed by atoms with Crippen molar-refractivity contribution >= 4 is 12.0 Å². The van der Waals surface area contributed by atoms with Gasteiger partial charge in [-0.1, -0.05) is 65.5 Å². The van der Waals surface area contributed by atoms with Gasteiger partial charge in [0.25, 0.3) is 5.91 Å². The minimum atomic E-state index is -2.01. The third-order valence-corrected chi connectivity index (χ3v) is 11.7. The molecule has 8 atom stereocenters. The summed E-state index contributed by atoms with van der Waals surface area (Å²) in [6, 6.07) is 0. The third-order valence-electron chi connectivity index (χ3n) is 11.7. The molecule has 4 rings (SSSR count). The van der Waals surface area contributed by atoms with Gasteiger partial charge in [-0.15, -0.1) is 0 Å². The second kappa shape index (κ2) is 13.1. The number of alkyl carbamates (subject to hydrolysis) is 1. The summed E-state index contributed by atoms with van der Waals surface area (Å²) in [5.41, 5.74) is 2.25. The van der Waals surface area contributed by atoms with Crippen LogP contribution in [0, 0.1) is 46.3 Å². The van der Waals surface area contributed by atoms with Gasteiger partial charge in [0.1, 0.15) is 6.10 Å². The Hall–Kier alpha value is -1.60. The lowest BCUT2D eigenvalue weighted by molar-refractivity contribution is -0.147. The molecule has 0 heterocycles. The van der Waals surface area contributed by atoms with Gasteiger partial charge in [-0.3, -0.25) is 4.79 Å². The van der Waals surface area contributed by atoms with Crippen LogP contribution in [0.3, 0.4) is 0 Å². The second-order valence-electron chi connectivity index (χ2n) is 14.5. The molecule has 0 radical (unpaired) electrons. The standard InChI is InChI=1S/C33H56N2O5/c1-21(2)8-6-9-22(3)26-12-13-27-25-11-10-23-20-24(14-16-32(23,4)28(25)15-17-33(26,27)5)40-31(39)35-19-7-18-34-29(36)30(37)38/h10,21-22,24-28,30,37-38H,6-9,11-20H2,1-5H3,(H,34,36)(H,35,39). The van der Waals surface area contributed by atoms with Gasteiger partial charge in [-0.25, -0.2) is 4.79 Å². The Kier molecular flexibility index (Phi) is 10.3. The number of amides is 2. The maximum atomic E-state index is 12.4. The summed E-state index contributed by atoms with van der Waals surface area (Å²) in [6.45, 7) is 13.0. The molecule has 7 nitrogen and oxygen atoms in total. The van der Waals surface area contributed by atoms with Crippen LogP contribution in [0.2, 0.25) is 0 Å². The van der Waals surface area contributed by atoms with Crippen molar-refractivity contribution in [3.05, 3.63) is 11.6 Å². The van der Waals surface area contributed by atoms with E-state index < -0.39 is 18.3 Å². The molecule has 0 spiro atoms. The van der Waals surface area contributed by atoms with E-state index in [9.17, 15) is 9.59 Å². The average molecular weight is 561 g/mol. The van der Waals surface area contributed by atoms with E-state index in [1.807, 2.05) is 0 Å². The van der Waals surface area contributed by atoms with E-state index in [-0.39, 0.29) is 18.1 Å². The molecule has 4 N–H and O–H groups in total. The van der Waals surface area contributed by atoms with Crippen molar-refractivity contribution in [2.75, 3.05) is 13.1 Å². The van der Waals surface area contributed by atoms with E-state index in [0.717, 1.165) is 54.8 Å². The van der Waals surface area contributed by atoms with E-state index in [0.29, 0.717) is 18.4 Å². The predicted molar refractivity (Wildman–Crippen MR) is 157 cm³/mol. The normalized spacial score (nSPS) is 35.8. The summed E-state index contributed by atoms with van der Waals surface area (Å²) in [4.78, 5) is 23.6. The van der Waals surface area contributed by atoms with Crippen molar-refractivity contribution < 1.29 is 24.5 Å². The number of hydrogen-bond donors (Lipinski definition) is 4. The summed E-state index contributed by atoms with van der Waals surface area (Å²) < 4.78 is 5.80. The van der Waals surface area contributed by atoms with Crippen molar-refractivity contribution in [1.29, 1.82) is 0 Å². The molecule has 0 bridgehead atoms. The Labute approximate surface area is 242 Å². The zero-order valence-electron chi connectivity index (χ0n) is 25.7. The summed E-state index contributed by atoms with van der Waals surface area (Å²) >= 11 is 0. The van der Waals surface area contributed by atoms with Crippen molar-refractivity contribution in [2.24, 2.45) is 46.3 Å². The molecule has 40 heavy (non-hydrogen) atoms. The molecular weight excluding hydrogens is 504 g/mol.